The van der Waals surface area contributed by atoms with E-state index in [9.17, 15) is 8.78 Å². The molecule has 0 atom stereocenters. The molecule has 0 amide bonds. The van der Waals surface area contributed by atoms with Gasteiger partial charge in [-0.05, 0) is 0 Å². The second-order valence-electron chi connectivity index (χ2n) is 1.06. The van der Waals surface area contributed by atoms with E-state index in [-0.39, 0.29) is 11.5 Å². The average molecular weight is 137 g/mol. The number of thioether (sulfide) groups is 1. The molecule has 0 aromatic heterocycles. The summed E-state index contributed by atoms with van der Waals surface area (Å²) in [6, 6.07) is 1.75. The number of rotatable bonds is 3. The van der Waals surface area contributed by atoms with Gasteiger partial charge in [-0.1, -0.05) is 0 Å². The van der Waals surface area contributed by atoms with E-state index in [0.29, 0.717) is 0 Å². The van der Waals surface area contributed by atoms with E-state index < -0.39 is 6.43 Å². The zero-order chi connectivity index (χ0) is 6.41. The van der Waals surface area contributed by atoms with E-state index >= 15 is 0 Å². The molecule has 4 heteroatoms. The van der Waals surface area contributed by atoms with Crippen molar-refractivity contribution in [3.8, 4) is 6.07 Å². The summed E-state index contributed by atoms with van der Waals surface area (Å²) in [5.74, 6) is -0.0715. The summed E-state index contributed by atoms with van der Waals surface area (Å²) < 4.78 is 22.5. The summed E-state index contributed by atoms with van der Waals surface area (Å²) in [7, 11) is 0. The number of nitriles is 1. The van der Waals surface area contributed by atoms with Crippen LogP contribution in [0.25, 0.3) is 0 Å². The minimum atomic E-state index is -2.28. The molecule has 0 spiro atoms. The van der Waals surface area contributed by atoms with Crippen LogP contribution in [0.3, 0.4) is 0 Å². The topological polar surface area (TPSA) is 23.8 Å². The first-order valence-electron chi connectivity index (χ1n) is 2.00. The van der Waals surface area contributed by atoms with Crippen molar-refractivity contribution >= 4 is 11.8 Å². The molecule has 0 radical (unpaired) electrons. The van der Waals surface area contributed by atoms with Crippen molar-refractivity contribution < 1.29 is 8.78 Å². The van der Waals surface area contributed by atoms with Gasteiger partial charge in [0.05, 0.1) is 17.6 Å². The summed E-state index contributed by atoms with van der Waals surface area (Å²) in [5, 5.41) is 7.86. The Hall–Kier alpha value is -0.300. The average Bonchev–Trinajstić information content (AvgIpc) is 1.66. The summed E-state index contributed by atoms with van der Waals surface area (Å²) in [6.45, 7) is 0. The number of nitrogens with zero attached hydrogens (tertiary/aromatic N) is 1. The van der Waals surface area contributed by atoms with Crippen molar-refractivity contribution in [1.82, 2.24) is 0 Å². The van der Waals surface area contributed by atoms with Gasteiger partial charge in [0, 0.05) is 0 Å². The fourth-order valence-electron chi connectivity index (χ4n) is 0.194. The van der Waals surface area contributed by atoms with Gasteiger partial charge in [-0.2, -0.15) is 5.26 Å². The van der Waals surface area contributed by atoms with E-state index in [1.54, 1.807) is 6.07 Å². The minimum Gasteiger partial charge on any atom is -0.210 e. The maximum absolute atomic E-state index is 11.2. The Morgan fingerprint density at radius 2 is 2.25 bits per heavy atom. The maximum Gasteiger partial charge on any atom is 0.247 e. The molecule has 0 bridgehead atoms. The van der Waals surface area contributed by atoms with Crippen LogP contribution in [0, 0.1) is 11.3 Å². The first-order valence-corrected chi connectivity index (χ1v) is 3.15. The lowest BCUT2D eigenvalue weighted by atomic mass is 10.9. The zero-order valence-electron chi connectivity index (χ0n) is 4.10. The molecule has 0 rings (SSSR count). The second kappa shape index (κ2) is 4.85. The second-order valence-corrected chi connectivity index (χ2v) is 2.09. The molecule has 0 fully saturated rings. The Bertz CT molecular complexity index is 88.5. The predicted octanol–water partition coefficient (Wildman–Crippen LogP) is 1.51. The van der Waals surface area contributed by atoms with Gasteiger partial charge in [0.2, 0.25) is 6.43 Å². The van der Waals surface area contributed by atoms with Gasteiger partial charge < -0.3 is 0 Å². The minimum absolute atomic E-state index is 0.157. The number of hydrogen-bond donors (Lipinski definition) is 0. The molecule has 0 heterocycles. The zero-order valence-corrected chi connectivity index (χ0v) is 4.92. The van der Waals surface area contributed by atoms with E-state index in [1.165, 1.54) is 0 Å². The molecule has 0 saturated heterocycles. The molecule has 1 nitrogen and oxygen atoms in total. The molecular formula is C4H5F2NS. The Morgan fingerprint density at radius 1 is 1.62 bits per heavy atom. The Kier molecular flexibility index (Phi) is 4.67. The highest BCUT2D eigenvalue weighted by Gasteiger charge is 1.99. The lowest BCUT2D eigenvalue weighted by molar-refractivity contribution is 0.177. The fourth-order valence-corrected chi connectivity index (χ4v) is 0.581. The third kappa shape index (κ3) is 5.70. The van der Waals surface area contributed by atoms with Crippen LogP contribution in [0.15, 0.2) is 0 Å². The first kappa shape index (κ1) is 7.70. The van der Waals surface area contributed by atoms with Crippen molar-refractivity contribution in [1.29, 1.82) is 5.26 Å². The molecule has 0 aromatic carbocycles. The summed E-state index contributed by atoms with van der Waals surface area (Å²) in [6.07, 6.45) is -2.28. The Labute approximate surface area is 50.7 Å². The van der Waals surface area contributed by atoms with Gasteiger partial charge in [0.1, 0.15) is 0 Å². The third-order valence-electron chi connectivity index (χ3n) is 0.410. The van der Waals surface area contributed by atoms with Crippen LogP contribution in [0.5, 0.6) is 0 Å². The molecule has 0 unspecified atom stereocenters. The highest BCUT2D eigenvalue weighted by molar-refractivity contribution is 7.99. The van der Waals surface area contributed by atoms with Crippen LogP contribution >= 0.6 is 11.8 Å². The van der Waals surface area contributed by atoms with Crippen molar-refractivity contribution in [3.05, 3.63) is 0 Å². The van der Waals surface area contributed by atoms with Gasteiger partial charge in [0.25, 0.3) is 0 Å². The smallest absolute Gasteiger partial charge is 0.210 e. The van der Waals surface area contributed by atoms with Crippen molar-refractivity contribution in [3.63, 3.8) is 0 Å². The summed E-state index contributed by atoms with van der Waals surface area (Å²) in [5.41, 5.74) is 0. The van der Waals surface area contributed by atoms with Gasteiger partial charge in [-0.25, -0.2) is 8.78 Å². The molecule has 46 valence electrons. The van der Waals surface area contributed by atoms with Gasteiger partial charge >= 0.3 is 0 Å². The van der Waals surface area contributed by atoms with E-state index in [1.807, 2.05) is 0 Å². The van der Waals surface area contributed by atoms with E-state index in [2.05, 4.69) is 0 Å². The fraction of sp³-hybridized carbons (Fsp3) is 0.750. The Morgan fingerprint density at radius 3 is 2.62 bits per heavy atom. The largest absolute Gasteiger partial charge is 0.247 e. The molecule has 0 aliphatic carbocycles. The van der Waals surface area contributed by atoms with Crippen LogP contribution in [-0.2, 0) is 0 Å². The van der Waals surface area contributed by atoms with Crippen LogP contribution in [-0.4, -0.2) is 17.9 Å². The molecule has 0 saturated carbocycles. The maximum atomic E-state index is 11.2. The van der Waals surface area contributed by atoms with Crippen molar-refractivity contribution in [2.75, 3.05) is 11.5 Å². The van der Waals surface area contributed by atoms with Crippen LogP contribution in [0.2, 0.25) is 0 Å². The van der Waals surface area contributed by atoms with Gasteiger partial charge in [-0.3, -0.25) is 0 Å². The molecule has 8 heavy (non-hydrogen) atoms. The lowest BCUT2D eigenvalue weighted by Gasteiger charge is -1.91. The standard InChI is InChI=1S/C4H5F2NS/c5-4(6)3-8-2-1-7/h4H,2-3H2. The number of hydrogen-bond acceptors (Lipinski definition) is 2. The van der Waals surface area contributed by atoms with E-state index in [0.717, 1.165) is 11.8 Å². The quantitative estimate of drug-likeness (QED) is 0.550. The van der Waals surface area contributed by atoms with Crippen molar-refractivity contribution in [2.24, 2.45) is 0 Å². The Balaban J connectivity index is 2.85. The van der Waals surface area contributed by atoms with Crippen LogP contribution in [0.1, 0.15) is 0 Å². The van der Waals surface area contributed by atoms with Gasteiger partial charge in [-0.15, -0.1) is 11.8 Å². The highest BCUT2D eigenvalue weighted by atomic mass is 32.2. The van der Waals surface area contributed by atoms with Crippen LogP contribution < -0.4 is 0 Å². The SMILES string of the molecule is N#CCSCC(F)F. The molecule has 0 aromatic rings. The van der Waals surface area contributed by atoms with Crippen LogP contribution in [0.4, 0.5) is 8.78 Å². The molecular weight excluding hydrogens is 132 g/mol. The van der Waals surface area contributed by atoms with E-state index in [4.69, 9.17) is 5.26 Å². The monoisotopic (exact) mass is 137 g/mol. The highest BCUT2D eigenvalue weighted by Crippen LogP contribution is 2.04. The predicted molar refractivity (Wildman–Crippen MR) is 28.9 cm³/mol. The molecule has 0 N–H and O–H groups in total. The number of alkyl halides is 2. The van der Waals surface area contributed by atoms with Crippen molar-refractivity contribution in [2.45, 2.75) is 6.43 Å². The van der Waals surface area contributed by atoms with Gasteiger partial charge in [0.15, 0.2) is 0 Å². The summed E-state index contributed by atoms with van der Waals surface area (Å²) in [4.78, 5) is 0. The normalized spacial score (nSPS) is 9.25. The molecule has 0 aliphatic rings. The lowest BCUT2D eigenvalue weighted by Crippen LogP contribution is -1.93. The number of halogens is 2. The third-order valence-corrected chi connectivity index (χ3v) is 1.23. The molecule has 0 aliphatic heterocycles. The summed E-state index contributed by atoms with van der Waals surface area (Å²) >= 11 is 0.950. The first-order chi connectivity index (χ1) is 3.77.